The summed E-state index contributed by atoms with van der Waals surface area (Å²) in [7, 11) is 0. The van der Waals surface area contributed by atoms with Crippen molar-refractivity contribution in [1.29, 1.82) is 0 Å². The largest absolute Gasteiger partial charge is 0.464 e. The van der Waals surface area contributed by atoms with Crippen LogP contribution >= 0.6 is 11.3 Å². The average molecular weight is 329 g/mol. The molecule has 0 aliphatic carbocycles. The van der Waals surface area contributed by atoms with Crippen molar-refractivity contribution in [3.05, 3.63) is 52.2 Å². The minimum atomic E-state index is -0.0406. The zero-order chi connectivity index (χ0) is 16.2. The van der Waals surface area contributed by atoms with Crippen LogP contribution < -0.4 is 5.32 Å². The van der Waals surface area contributed by atoms with Crippen LogP contribution in [0.2, 0.25) is 0 Å². The van der Waals surface area contributed by atoms with Crippen LogP contribution in [0.3, 0.4) is 0 Å². The third-order valence-corrected chi connectivity index (χ3v) is 4.49. The molecule has 0 saturated carbocycles. The van der Waals surface area contributed by atoms with Gasteiger partial charge >= 0.3 is 0 Å². The first-order valence-corrected chi connectivity index (χ1v) is 8.43. The van der Waals surface area contributed by atoms with Crippen molar-refractivity contribution in [2.24, 2.45) is 0 Å². The van der Waals surface area contributed by atoms with Gasteiger partial charge < -0.3 is 9.73 Å². The SMILES string of the molecule is Cc1cc(C)n(CCCNC(=O)c2cc(-c3ccco3)cs2)n1. The maximum Gasteiger partial charge on any atom is 0.261 e. The van der Waals surface area contributed by atoms with Crippen LogP contribution in [0, 0.1) is 13.8 Å². The fraction of sp³-hybridized carbons (Fsp3) is 0.294. The van der Waals surface area contributed by atoms with E-state index in [1.807, 2.05) is 42.1 Å². The number of hydrogen-bond donors (Lipinski definition) is 1. The van der Waals surface area contributed by atoms with Gasteiger partial charge in [0.25, 0.3) is 5.91 Å². The minimum Gasteiger partial charge on any atom is -0.464 e. The van der Waals surface area contributed by atoms with Gasteiger partial charge in [0.15, 0.2) is 0 Å². The first-order valence-electron chi connectivity index (χ1n) is 7.55. The number of amides is 1. The Morgan fingerprint density at radius 3 is 2.96 bits per heavy atom. The molecular weight excluding hydrogens is 310 g/mol. The number of rotatable bonds is 6. The Kier molecular flexibility index (Phi) is 4.62. The summed E-state index contributed by atoms with van der Waals surface area (Å²) in [6.07, 6.45) is 2.48. The van der Waals surface area contributed by atoms with Gasteiger partial charge in [0.1, 0.15) is 5.76 Å². The summed E-state index contributed by atoms with van der Waals surface area (Å²) in [5, 5.41) is 9.30. The molecule has 0 fully saturated rings. The molecule has 3 rings (SSSR count). The Balaban J connectivity index is 1.49. The van der Waals surface area contributed by atoms with Gasteiger partial charge in [-0.05, 0) is 44.5 Å². The number of aryl methyl sites for hydroxylation is 3. The highest BCUT2D eigenvalue weighted by Crippen LogP contribution is 2.25. The number of furan rings is 1. The molecule has 0 aliphatic heterocycles. The van der Waals surface area contributed by atoms with Crippen LogP contribution in [0.4, 0.5) is 0 Å². The van der Waals surface area contributed by atoms with E-state index in [0.717, 1.165) is 35.7 Å². The number of carbonyl (C=O) groups excluding carboxylic acids is 1. The standard InChI is InChI=1S/C17H19N3O2S/c1-12-9-13(2)20(19-12)7-4-6-18-17(21)16-10-14(11-23-16)15-5-3-8-22-15/h3,5,8-11H,4,6-7H2,1-2H3,(H,18,21). The number of nitrogens with zero attached hydrogens (tertiary/aromatic N) is 2. The Morgan fingerprint density at radius 2 is 2.26 bits per heavy atom. The predicted molar refractivity (Wildman–Crippen MR) is 90.7 cm³/mol. The fourth-order valence-corrected chi connectivity index (χ4v) is 3.26. The topological polar surface area (TPSA) is 60.1 Å². The molecule has 5 nitrogen and oxygen atoms in total. The van der Waals surface area contributed by atoms with Crippen molar-refractivity contribution < 1.29 is 9.21 Å². The van der Waals surface area contributed by atoms with Crippen molar-refractivity contribution in [2.45, 2.75) is 26.8 Å². The molecule has 0 aliphatic rings. The van der Waals surface area contributed by atoms with Gasteiger partial charge in [-0.2, -0.15) is 5.10 Å². The molecule has 0 saturated heterocycles. The highest BCUT2D eigenvalue weighted by molar-refractivity contribution is 7.12. The molecule has 0 aromatic carbocycles. The highest BCUT2D eigenvalue weighted by atomic mass is 32.1. The summed E-state index contributed by atoms with van der Waals surface area (Å²) >= 11 is 1.43. The number of hydrogen-bond acceptors (Lipinski definition) is 4. The third kappa shape index (κ3) is 3.71. The molecule has 3 heterocycles. The first kappa shape index (κ1) is 15.6. The smallest absolute Gasteiger partial charge is 0.261 e. The molecule has 3 aromatic rings. The average Bonchev–Trinajstić information content (AvgIpc) is 3.24. The monoisotopic (exact) mass is 329 g/mol. The van der Waals surface area contributed by atoms with Crippen molar-refractivity contribution in [3.8, 4) is 11.3 Å². The van der Waals surface area contributed by atoms with Crippen LogP contribution in [0.5, 0.6) is 0 Å². The van der Waals surface area contributed by atoms with E-state index in [2.05, 4.69) is 16.5 Å². The van der Waals surface area contributed by atoms with Crippen LogP contribution in [-0.2, 0) is 6.54 Å². The van der Waals surface area contributed by atoms with E-state index in [9.17, 15) is 4.79 Å². The molecule has 3 aromatic heterocycles. The number of carbonyl (C=O) groups is 1. The molecular formula is C17H19N3O2S. The normalized spacial score (nSPS) is 10.9. The van der Waals surface area contributed by atoms with Crippen LogP contribution in [0.1, 0.15) is 27.5 Å². The van der Waals surface area contributed by atoms with Crippen molar-refractivity contribution >= 4 is 17.2 Å². The van der Waals surface area contributed by atoms with Gasteiger partial charge in [0, 0.05) is 29.7 Å². The minimum absolute atomic E-state index is 0.0406. The van der Waals surface area contributed by atoms with Crippen LogP contribution in [0.25, 0.3) is 11.3 Å². The van der Waals surface area contributed by atoms with E-state index in [4.69, 9.17) is 4.42 Å². The quantitative estimate of drug-likeness (QED) is 0.702. The van der Waals surface area contributed by atoms with E-state index >= 15 is 0 Å². The number of thiophene rings is 1. The second-order valence-electron chi connectivity index (χ2n) is 5.44. The lowest BCUT2D eigenvalue weighted by molar-refractivity contribution is 0.0956. The number of aromatic nitrogens is 2. The van der Waals surface area contributed by atoms with E-state index < -0.39 is 0 Å². The molecule has 0 radical (unpaired) electrons. The lowest BCUT2D eigenvalue weighted by Gasteiger charge is -2.05. The van der Waals surface area contributed by atoms with Gasteiger partial charge in [0.2, 0.25) is 0 Å². The molecule has 0 spiro atoms. The summed E-state index contributed by atoms with van der Waals surface area (Å²) in [5.74, 6) is 0.742. The fourth-order valence-electron chi connectivity index (χ4n) is 2.45. The molecule has 0 bridgehead atoms. The van der Waals surface area contributed by atoms with Gasteiger partial charge in [-0.15, -0.1) is 11.3 Å². The Morgan fingerprint density at radius 1 is 1.39 bits per heavy atom. The van der Waals surface area contributed by atoms with E-state index in [1.54, 1.807) is 6.26 Å². The zero-order valence-electron chi connectivity index (χ0n) is 13.2. The summed E-state index contributed by atoms with van der Waals surface area (Å²) in [6.45, 7) is 5.46. The molecule has 0 atom stereocenters. The lowest BCUT2D eigenvalue weighted by Crippen LogP contribution is -2.24. The first-order chi connectivity index (χ1) is 11.1. The molecule has 120 valence electrons. The summed E-state index contributed by atoms with van der Waals surface area (Å²) in [6, 6.07) is 7.64. The second-order valence-corrected chi connectivity index (χ2v) is 6.35. The van der Waals surface area contributed by atoms with Gasteiger partial charge in [0.05, 0.1) is 16.8 Å². The molecule has 1 amide bonds. The predicted octanol–water partition coefficient (Wildman–Crippen LogP) is 3.64. The molecule has 6 heteroatoms. The van der Waals surface area contributed by atoms with Gasteiger partial charge in [-0.25, -0.2) is 0 Å². The van der Waals surface area contributed by atoms with E-state index in [1.165, 1.54) is 11.3 Å². The molecule has 0 unspecified atom stereocenters. The van der Waals surface area contributed by atoms with E-state index in [0.29, 0.717) is 11.4 Å². The van der Waals surface area contributed by atoms with Crippen LogP contribution in [-0.4, -0.2) is 22.2 Å². The maximum absolute atomic E-state index is 12.2. The second kappa shape index (κ2) is 6.83. The van der Waals surface area contributed by atoms with Crippen molar-refractivity contribution in [1.82, 2.24) is 15.1 Å². The van der Waals surface area contributed by atoms with Gasteiger partial charge in [-0.1, -0.05) is 0 Å². The highest BCUT2D eigenvalue weighted by Gasteiger charge is 2.11. The molecule has 23 heavy (non-hydrogen) atoms. The Hall–Kier alpha value is -2.34. The number of nitrogens with one attached hydrogen (secondary N) is 1. The van der Waals surface area contributed by atoms with Crippen LogP contribution in [0.15, 0.2) is 40.3 Å². The van der Waals surface area contributed by atoms with Crippen molar-refractivity contribution in [2.75, 3.05) is 6.54 Å². The maximum atomic E-state index is 12.2. The lowest BCUT2D eigenvalue weighted by atomic mass is 10.2. The van der Waals surface area contributed by atoms with Gasteiger partial charge in [-0.3, -0.25) is 9.48 Å². The third-order valence-electron chi connectivity index (χ3n) is 3.56. The molecule has 1 N–H and O–H groups in total. The Bertz CT molecular complexity index is 787. The zero-order valence-corrected chi connectivity index (χ0v) is 14.0. The summed E-state index contributed by atoms with van der Waals surface area (Å²) in [4.78, 5) is 12.9. The van der Waals surface area contributed by atoms with Crippen molar-refractivity contribution in [3.63, 3.8) is 0 Å². The summed E-state index contributed by atoms with van der Waals surface area (Å²) < 4.78 is 7.31. The summed E-state index contributed by atoms with van der Waals surface area (Å²) in [5.41, 5.74) is 3.11. The Labute approximate surface area is 138 Å². The van der Waals surface area contributed by atoms with E-state index in [-0.39, 0.29) is 5.91 Å².